The standard InChI is InChI=1S/C25H24N2O/c28-18-22-12-11-21(17-24(22)25-26-13-14-27-25)23(15-19-7-3-1-4-8-19)16-20-9-5-2-6-10-20/h1-14,17,23,28H,15-16,18H2,(H,26,27). The number of hydrogen-bond acceptors (Lipinski definition) is 2. The zero-order valence-electron chi connectivity index (χ0n) is 15.8. The molecule has 0 fully saturated rings. The molecule has 2 N–H and O–H groups in total. The Morgan fingerprint density at radius 3 is 2.00 bits per heavy atom. The molecule has 0 amide bonds. The maximum absolute atomic E-state index is 9.78. The van der Waals surface area contributed by atoms with Crippen molar-refractivity contribution in [3.05, 3.63) is 114 Å². The van der Waals surface area contributed by atoms with E-state index in [1.165, 1.54) is 16.7 Å². The molecule has 28 heavy (non-hydrogen) atoms. The Morgan fingerprint density at radius 2 is 1.46 bits per heavy atom. The van der Waals surface area contributed by atoms with Crippen LogP contribution in [0.3, 0.4) is 0 Å². The second-order valence-corrected chi connectivity index (χ2v) is 7.09. The first-order valence-electron chi connectivity index (χ1n) is 9.65. The van der Waals surface area contributed by atoms with E-state index in [9.17, 15) is 5.11 Å². The lowest BCUT2D eigenvalue weighted by molar-refractivity contribution is 0.282. The molecule has 0 bridgehead atoms. The summed E-state index contributed by atoms with van der Waals surface area (Å²) in [6.07, 6.45) is 5.49. The number of H-pyrrole nitrogens is 1. The van der Waals surface area contributed by atoms with Gasteiger partial charge < -0.3 is 10.1 Å². The Bertz CT molecular complexity index is 954. The summed E-state index contributed by atoms with van der Waals surface area (Å²) >= 11 is 0. The molecule has 0 radical (unpaired) electrons. The fourth-order valence-corrected chi connectivity index (χ4v) is 3.72. The van der Waals surface area contributed by atoms with Gasteiger partial charge in [-0.1, -0.05) is 72.8 Å². The Kier molecular flexibility index (Phi) is 5.64. The number of aliphatic hydroxyl groups excluding tert-OH is 1. The van der Waals surface area contributed by atoms with Crippen molar-refractivity contribution in [2.75, 3.05) is 0 Å². The van der Waals surface area contributed by atoms with Gasteiger partial charge in [0.15, 0.2) is 0 Å². The largest absolute Gasteiger partial charge is 0.392 e. The number of aromatic nitrogens is 2. The van der Waals surface area contributed by atoms with Gasteiger partial charge in [-0.25, -0.2) is 4.98 Å². The number of aromatic amines is 1. The maximum atomic E-state index is 9.78. The molecule has 4 aromatic rings. The molecular weight excluding hydrogens is 344 g/mol. The lowest BCUT2D eigenvalue weighted by Gasteiger charge is -2.20. The minimum Gasteiger partial charge on any atom is -0.392 e. The monoisotopic (exact) mass is 368 g/mol. The molecule has 140 valence electrons. The third-order valence-corrected chi connectivity index (χ3v) is 5.18. The quantitative estimate of drug-likeness (QED) is 0.475. The number of hydrogen-bond donors (Lipinski definition) is 2. The highest BCUT2D eigenvalue weighted by Gasteiger charge is 2.17. The number of nitrogens with zero attached hydrogens (tertiary/aromatic N) is 1. The first-order chi connectivity index (χ1) is 13.8. The minimum atomic E-state index is -0.00164. The van der Waals surface area contributed by atoms with Gasteiger partial charge >= 0.3 is 0 Å². The fourth-order valence-electron chi connectivity index (χ4n) is 3.72. The van der Waals surface area contributed by atoms with E-state index in [1.54, 1.807) is 6.20 Å². The molecule has 0 aliphatic heterocycles. The van der Waals surface area contributed by atoms with Crippen LogP contribution in [0, 0.1) is 0 Å². The van der Waals surface area contributed by atoms with E-state index in [4.69, 9.17) is 0 Å². The highest BCUT2D eigenvalue weighted by atomic mass is 16.3. The van der Waals surface area contributed by atoms with E-state index in [-0.39, 0.29) is 6.61 Å². The SMILES string of the molecule is OCc1ccc(C(Cc2ccccc2)Cc2ccccc2)cc1-c1ncc[nH]1. The van der Waals surface area contributed by atoms with Crippen LogP contribution in [0.4, 0.5) is 0 Å². The van der Waals surface area contributed by atoms with Crippen molar-refractivity contribution in [2.24, 2.45) is 0 Å². The van der Waals surface area contributed by atoms with Crippen LogP contribution in [0.15, 0.2) is 91.3 Å². The first-order valence-corrected chi connectivity index (χ1v) is 9.65. The molecule has 1 aromatic heterocycles. The normalized spacial score (nSPS) is 11.1. The van der Waals surface area contributed by atoms with Crippen molar-refractivity contribution in [3.8, 4) is 11.4 Å². The van der Waals surface area contributed by atoms with Gasteiger partial charge in [0.2, 0.25) is 0 Å². The molecule has 0 unspecified atom stereocenters. The van der Waals surface area contributed by atoms with Crippen LogP contribution in [0.5, 0.6) is 0 Å². The Labute approximate surface area is 165 Å². The smallest absolute Gasteiger partial charge is 0.137 e. The van der Waals surface area contributed by atoms with E-state index in [1.807, 2.05) is 12.3 Å². The Hall–Kier alpha value is -3.17. The predicted octanol–water partition coefficient (Wildman–Crippen LogP) is 5.14. The molecule has 3 nitrogen and oxygen atoms in total. The van der Waals surface area contributed by atoms with Gasteiger partial charge in [-0.2, -0.15) is 0 Å². The summed E-state index contributed by atoms with van der Waals surface area (Å²) in [6.45, 7) is -0.00164. The average Bonchev–Trinajstić information content (AvgIpc) is 3.29. The molecular formula is C25H24N2O. The van der Waals surface area contributed by atoms with Gasteiger partial charge in [-0.3, -0.25) is 0 Å². The first kappa shape index (κ1) is 18.2. The third kappa shape index (κ3) is 4.21. The number of aliphatic hydroxyl groups is 1. The molecule has 0 spiro atoms. The second kappa shape index (κ2) is 8.68. The van der Waals surface area contributed by atoms with Crippen molar-refractivity contribution < 1.29 is 5.11 Å². The molecule has 3 aromatic carbocycles. The summed E-state index contributed by atoms with van der Waals surface area (Å²) in [5.41, 5.74) is 5.77. The Balaban J connectivity index is 1.72. The molecule has 3 heteroatoms. The van der Waals surface area contributed by atoms with E-state index < -0.39 is 0 Å². The van der Waals surface area contributed by atoms with Crippen molar-refractivity contribution in [1.82, 2.24) is 9.97 Å². The summed E-state index contributed by atoms with van der Waals surface area (Å²) in [6, 6.07) is 27.6. The van der Waals surface area contributed by atoms with Crippen LogP contribution in [0.25, 0.3) is 11.4 Å². The van der Waals surface area contributed by atoms with Crippen molar-refractivity contribution in [3.63, 3.8) is 0 Å². The summed E-state index contributed by atoms with van der Waals surface area (Å²) in [7, 11) is 0. The minimum absolute atomic E-state index is 0.00164. The zero-order valence-corrected chi connectivity index (χ0v) is 15.8. The molecule has 4 rings (SSSR count). The van der Waals surface area contributed by atoms with Gasteiger partial charge in [0.05, 0.1) is 6.61 Å². The third-order valence-electron chi connectivity index (χ3n) is 5.18. The van der Waals surface area contributed by atoms with Crippen LogP contribution in [-0.4, -0.2) is 15.1 Å². The summed E-state index contributed by atoms with van der Waals surface area (Å²) in [5, 5.41) is 9.78. The second-order valence-electron chi connectivity index (χ2n) is 7.09. The summed E-state index contributed by atoms with van der Waals surface area (Å²) in [4.78, 5) is 7.57. The topological polar surface area (TPSA) is 48.9 Å². The van der Waals surface area contributed by atoms with Crippen molar-refractivity contribution >= 4 is 0 Å². The molecule has 0 atom stereocenters. The van der Waals surface area contributed by atoms with E-state index in [0.717, 1.165) is 29.8 Å². The lowest BCUT2D eigenvalue weighted by Crippen LogP contribution is -2.08. The van der Waals surface area contributed by atoms with Crippen molar-refractivity contribution in [1.29, 1.82) is 0 Å². The summed E-state index contributed by atoms with van der Waals surface area (Å²) in [5.74, 6) is 1.13. The molecule has 0 saturated heterocycles. The van der Waals surface area contributed by atoms with Crippen LogP contribution < -0.4 is 0 Å². The van der Waals surface area contributed by atoms with Gasteiger partial charge in [-0.05, 0) is 47.1 Å². The van der Waals surface area contributed by atoms with E-state index >= 15 is 0 Å². The van der Waals surface area contributed by atoms with E-state index in [2.05, 4.69) is 82.8 Å². The van der Waals surface area contributed by atoms with Gasteiger partial charge in [0, 0.05) is 18.0 Å². The number of rotatable bonds is 7. The number of benzene rings is 3. The van der Waals surface area contributed by atoms with Crippen LogP contribution >= 0.6 is 0 Å². The van der Waals surface area contributed by atoms with Gasteiger partial charge in [-0.15, -0.1) is 0 Å². The highest BCUT2D eigenvalue weighted by molar-refractivity contribution is 5.61. The maximum Gasteiger partial charge on any atom is 0.137 e. The molecule has 0 aliphatic rings. The van der Waals surface area contributed by atoms with Crippen LogP contribution in [-0.2, 0) is 19.4 Å². The molecule has 0 aliphatic carbocycles. The fraction of sp³-hybridized carbons (Fsp3) is 0.160. The molecule has 0 saturated carbocycles. The predicted molar refractivity (Wildman–Crippen MR) is 113 cm³/mol. The van der Waals surface area contributed by atoms with Gasteiger partial charge in [0.1, 0.15) is 5.82 Å². The highest BCUT2D eigenvalue weighted by Crippen LogP contribution is 2.30. The van der Waals surface area contributed by atoms with Crippen LogP contribution in [0.1, 0.15) is 28.2 Å². The zero-order chi connectivity index (χ0) is 19.2. The Morgan fingerprint density at radius 1 is 0.821 bits per heavy atom. The number of imidazole rings is 1. The number of nitrogens with one attached hydrogen (secondary N) is 1. The van der Waals surface area contributed by atoms with Gasteiger partial charge in [0.25, 0.3) is 0 Å². The van der Waals surface area contributed by atoms with E-state index in [0.29, 0.717) is 5.92 Å². The van der Waals surface area contributed by atoms with Crippen molar-refractivity contribution in [2.45, 2.75) is 25.4 Å². The average molecular weight is 368 g/mol. The summed E-state index contributed by atoms with van der Waals surface area (Å²) < 4.78 is 0. The molecule has 1 heterocycles. The lowest BCUT2D eigenvalue weighted by atomic mass is 9.85. The van der Waals surface area contributed by atoms with Crippen LogP contribution in [0.2, 0.25) is 0 Å².